The van der Waals surface area contributed by atoms with Crippen LogP contribution in [0.3, 0.4) is 0 Å². The molecule has 0 aliphatic rings. The molecule has 0 aliphatic carbocycles. The Labute approximate surface area is 185 Å². The molecule has 2 nitrogen and oxygen atoms in total. The number of ether oxygens (including phenoxy) is 1. The van der Waals surface area contributed by atoms with Crippen molar-refractivity contribution < 1.29 is 4.74 Å². The van der Waals surface area contributed by atoms with E-state index >= 15 is 0 Å². The molecule has 6 heteroatoms. The predicted molar refractivity (Wildman–Crippen MR) is 120 cm³/mol. The molecule has 0 aliphatic heterocycles. The van der Waals surface area contributed by atoms with Gasteiger partial charge < -0.3 is 10.1 Å². The van der Waals surface area contributed by atoms with Crippen LogP contribution in [-0.4, -0.2) is 0 Å². The number of halogens is 4. The number of aryl methyl sites for hydroxylation is 2. The molecule has 0 fully saturated rings. The first-order chi connectivity index (χ1) is 13.3. The molecule has 0 heterocycles. The average Bonchev–Trinajstić information content (AvgIpc) is 2.63. The van der Waals surface area contributed by atoms with Gasteiger partial charge in [0.15, 0.2) is 5.75 Å². The van der Waals surface area contributed by atoms with E-state index in [2.05, 4.69) is 37.4 Å². The van der Waals surface area contributed by atoms with E-state index in [-0.39, 0.29) is 6.61 Å². The van der Waals surface area contributed by atoms with Gasteiger partial charge >= 0.3 is 0 Å². The molecule has 0 radical (unpaired) electrons. The molecule has 0 atom stereocenters. The molecule has 0 unspecified atom stereocenters. The van der Waals surface area contributed by atoms with Crippen LogP contribution in [0, 0.1) is 13.8 Å². The molecule has 28 heavy (non-hydrogen) atoms. The van der Waals surface area contributed by atoms with Gasteiger partial charge in [0.2, 0.25) is 0 Å². The second-order valence-corrected chi connectivity index (χ2v) is 8.22. The molecule has 0 aromatic heterocycles. The van der Waals surface area contributed by atoms with Crippen molar-refractivity contribution in [2.24, 2.45) is 0 Å². The number of rotatable bonds is 6. The Hall–Kier alpha value is -1.58. The molecular weight excluding hydrogens is 436 g/mol. The SMILES string of the molecule is Cc1ccc(NCc2cc(Cl)c(OCc3ccc(Cl)cc3Cl)c(Cl)c2)cc1C. The van der Waals surface area contributed by atoms with Gasteiger partial charge in [-0.25, -0.2) is 0 Å². The van der Waals surface area contributed by atoms with Crippen LogP contribution in [0.1, 0.15) is 22.3 Å². The maximum atomic E-state index is 6.40. The Kier molecular flexibility index (Phi) is 7.00. The van der Waals surface area contributed by atoms with Gasteiger partial charge in [-0.15, -0.1) is 0 Å². The lowest BCUT2D eigenvalue weighted by atomic mass is 10.1. The Morgan fingerprint density at radius 1 is 0.786 bits per heavy atom. The minimum Gasteiger partial charge on any atom is -0.486 e. The summed E-state index contributed by atoms with van der Waals surface area (Å²) in [7, 11) is 0. The summed E-state index contributed by atoms with van der Waals surface area (Å²) in [6.45, 7) is 5.03. The van der Waals surface area contributed by atoms with Crippen molar-refractivity contribution in [1.82, 2.24) is 0 Å². The van der Waals surface area contributed by atoms with Gasteiger partial charge in [0.25, 0.3) is 0 Å². The highest BCUT2D eigenvalue weighted by molar-refractivity contribution is 6.37. The van der Waals surface area contributed by atoms with E-state index in [0.29, 0.717) is 32.4 Å². The summed E-state index contributed by atoms with van der Waals surface area (Å²) in [6.07, 6.45) is 0. The third-order valence-corrected chi connectivity index (χ3v) is 5.60. The third kappa shape index (κ3) is 5.27. The molecule has 3 aromatic carbocycles. The zero-order valence-electron chi connectivity index (χ0n) is 15.5. The zero-order valence-corrected chi connectivity index (χ0v) is 18.5. The zero-order chi connectivity index (χ0) is 20.3. The fraction of sp³-hybridized carbons (Fsp3) is 0.182. The lowest BCUT2D eigenvalue weighted by molar-refractivity contribution is 0.306. The van der Waals surface area contributed by atoms with Crippen molar-refractivity contribution in [3.05, 3.63) is 90.9 Å². The monoisotopic (exact) mass is 453 g/mol. The maximum Gasteiger partial charge on any atom is 0.156 e. The van der Waals surface area contributed by atoms with E-state index in [4.69, 9.17) is 51.1 Å². The van der Waals surface area contributed by atoms with Gasteiger partial charge in [-0.1, -0.05) is 58.5 Å². The van der Waals surface area contributed by atoms with Crippen LogP contribution in [0.5, 0.6) is 5.75 Å². The van der Waals surface area contributed by atoms with Crippen molar-refractivity contribution in [3.8, 4) is 5.75 Å². The topological polar surface area (TPSA) is 21.3 Å². The van der Waals surface area contributed by atoms with Crippen LogP contribution in [0.2, 0.25) is 20.1 Å². The van der Waals surface area contributed by atoms with Crippen molar-refractivity contribution in [2.45, 2.75) is 27.0 Å². The Balaban J connectivity index is 1.68. The van der Waals surface area contributed by atoms with Crippen LogP contribution in [0.25, 0.3) is 0 Å². The first-order valence-corrected chi connectivity index (χ1v) is 10.2. The molecule has 0 saturated carbocycles. The van der Waals surface area contributed by atoms with Crippen LogP contribution >= 0.6 is 46.4 Å². The van der Waals surface area contributed by atoms with E-state index in [9.17, 15) is 0 Å². The summed E-state index contributed by atoms with van der Waals surface area (Å²) in [5, 5.41) is 5.40. The minimum atomic E-state index is 0.246. The van der Waals surface area contributed by atoms with Crippen LogP contribution in [0.4, 0.5) is 5.69 Å². The Morgan fingerprint density at radius 3 is 2.14 bits per heavy atom. The number of nitrogens with one attached hydrogen (secondary N) is 1. The molecule has 0 bridgehead atoms. The minimum absolute atomic E-state index is 0.246. The van der Waals surface area contributed by atoms with Crippen LogP contribution in [0.15, 0.2) is 48.5 Å². The largest absolute Gasteiger partial charge is 0.486 e. The normalized spacial score (nSPS) is 10.8. The first-order valence-electron chi connectivity index (χ1n) is 8.69. The van der Waals surface area contributed by atoms with E-state index in [1.54, 1.807) is 12.1 Å². The lowest BCUT2D eigenvalue weighted by Gasteiger charge is -2.14. The molecule has 1 N–H and O–H groups in total. The van der Waals surface area contributed by atoms with E-state index in [1.165, 1.54) is 11.1 Å². The smallest absolute Gasteiger partial charge is 0.156 e. The van der Waals surface area contributed by atoms with Crippen molar-refractivity contribution >= 4 is 52.1 Å². The highest BCUT2D eigenvalue weighted by Gasteiger charge is 2.11. The number of anilines is 1. The van der Waals surface area contributed by atoms with Crippen molar-refractivity contribution in [3.63, 3.8) is 0 Å². The molecule has 3 rings (SSSR count). The van der Waals surface area contributed by atoms with E-state index < -0.39 is 0 Å². The average molecular weight is 455 g/mol. The standard InChI is InChI=1S/C22H19Cl4NO/c1-13-3-6-18(7-14(13)2)27-11-15-8-20(25)22(21(26)9-15)28-12-16-4-5-17(23)10-19(16)24/h3-10,27H,11-12H2,1-2H3. The van der Waals surface area contributed by atoms with Gasteiger partial charge in [-0.05, 0) is 66.9 Å². The number of hydrogen-bond donors (Lipinski definition) is 1. The summed E-state index contributed by atoms with van der Waals surface area (Å²) < 4.78 is 5.81. The summed E-state index contributed by atoms with van der Waals surface area (Å²) in [4.78, 5) is 0. The molecule has 0 spiro atoms. The highest BCUT2D eigenvalue weighted by Crippen LogP contribution is 2.35. The Bertz CT molecular complexity index is 981. The van der Waals surface area contributed by atoms with Crippen molar-refractivity contribution in [1.29, 1.82) is 0 Å². The quantitative estimate of drug-likeness (QED) is 0.406. The summed E-state index contributed by atoms with van der Waals surface area (Å²) in [6, 6.07) is 15.2. The van der Waals surface area contributed by atoms with Crippen LogP contribution < -0.4 is 10.1 Å². The van der Waals surface area contributed by atoms with Gasteiger partial charge in [-0.3, -0.25) is 0 Å². The molecule has 0 saturated heterocycles. The molecule has 3 aromatic rings. The first kappa shape index (κ1) is 21.1. The Morgan fingerprint density at radius 2 is 1.50 bits per heavy atom. The third-order valence-electron chi connectivity index (χ3n) is 4.45. The second-order valence-electron chi connectivity index (χ2n) is 6.57. The summed E-state index contributed by atoms with van der Waals surface area (Å²) >= 11 is 24.9. The number of hydrogen-bond acceptors (Lipinski definition) is 2. The fourth-order valence-electron chi connectivity index (χ4n) is 2.70. The lowest BCUT2D eigenvalue weighted by Crippen LogP contribution is -2.02. The highest BCUT2D eigenvalue weighted by atomic mass is 35.5. The summed E-state index contributed by atoms with van der Waals surface area (Å²) in [5.74, 6) is 0.435. The second kappa shape index (κ2) is 9.28. The van der Waals surface area contributed by atoms with E-state index in [1.807, 2.05) is 18.2 Å². The molecule has 146 valence electrons. The molecule has 0 amide bonds. The summed E-state index contributed by atoms with van der Waals surface area (Å²) in [5.41, 5.74) is 5.32. The fourth-order valence-corrected chi connectivity index (χ4v) is 3.80. The van der Waals surface area contributed by atoms with Crippen LogP contribution in [-0.2, 0) is 13.2 Å². The maximum absolute atomic E-state index is 6.40. The predicted octanol–water partition coefficient (Wildman–Crippen LogP) is 8.11. The van der Waals surface area contributed by atoms with Gasteiger partial charge in [-0.2, -0.15) is 0 Å². The number of benzene rings is 3. The van der Waals surface area contributed by atoms with Gasteiger partial charge in [0.1, 0.15) is 6.61 Å². The van der Waals surface area contributed by atoms with Crippen molar-refractivity contribution in [2.75, 3.05) is 5.32 Å². The van der Waals surface area contributed by atoms with E-state index in [0.717, 1.165) is 16.8 Å². The van der Waals surface area contributed by atoms with Gasteiger partial charge in [0.05, 0.1) is 10.0 Å². The molecular formula is C22H19Cl4NO. The van der Waals surface area contributed by atoms with Gasteiger partial charge in [0, 0.05) is 27.8 Å².